The summed E-state index contributed by atoms with van der Waals surface area (Å²) in [4.78, 5) is 13.1. The molecule has 0 unspecified atom stereocenters. The Balaban J connectivity index is 1.33. The highest BCUT2D eigenvalue weighted by Crippen LogP contribution is 2.52. The minimum Gasteiger partial charge on any atom is -0.487 e. The molecular weight excluding hydrogens is 439 g/mol. The van der Waals surface area contributed by atoms with Crippen LogP contribution in [0.4, 0.5) is 13.2 Å². The molecule has 0 aromatic heterocycles. The molecule has 0 saturated heterocycles. The first kappa shape index (κ1) is 21.6. The van der Waals surface area contributed by atoms with E-state index in [1.54, 1.807) is 6.07 Å². The van der Waals surface area contributed by atoms with Crippen LogP contribution in [0.2, 0.25) is 5.02 Å². The second-order valence-corrected chi connectivity index (χ2v) is 9.97. The third kappa shape index (κ3) is 4.09. The van der Waals surface area contributed by atoms with Crippen molar-refractivity contribution in [1.29, 1.82) is 0 Å². The Bertz CT molecular complexity index is 1020. The molecule has 2 aliphatic carbocycles. The van der Waals surface area contributed by atoms with Gasteiger partial charge in [0.2, 0.25) is 5.91 Å². The van der Waals surface area contributed by atoms with Gasteiger partial charge in [0.05, 0.1) is 11.6 Å². The smallest absolute Gasteiger partial charge is 0.416 e. The average molecular weight is 464 g/mol. The van der Waals surface area contributed by atoms with Crippen molar-refractivity contribution >= 4 is 17.5 Å². The van der Waals surface area contributed by atoms with E-state index in [9.17, 15) is 18.0 Å². The summed E-state index contributed by atoms with van der Waals surface area (Å²) in [6, 6.07) is 10.6. The molecule has 1 atom stereocenters. The summed E-state index contributed by atoms with van der Waals surface area (Å²) in [7, 11) is 0. The second-order valence-electron chi connectivity index (χ2n) is 9.53. The fourth-order valence-electron chi connectivity index (χ4n) is 5.38. The van der Waals surface area contributed by atoms with E-state index in [0.29, 0.717) is 11.4 Å². The molecule has 2 aromatic rings. The van der Waals surface area contributed by atoms with Crippen LogP contribution in [0.5, 0.6) is 5.75 Å². The van der Waals surface area contributed by atoms with Crippen LogP contribution >= 0.6 is 11.6 Å². The van der Waals surface area contributed by atoms with Gasteiger partial charge in [-0.15, -0.1) is 0 Å². The van der Waals surface area contributed by atoms with Gasteiger partial charge >= 0.3 is 6.18 Å². The minimum absolute atomic E-state index is 0.0895. The minimum atomic E-state index is -4.36. The van der Waals surface area contributed by atoms with Crippen LogP contribution in [0.3, 0.4) is 0 Å². The Morgan fingerprint density at radius 3 is 2.38 bits per heavy atom. The van der Waals surface area contributed by atoms with Crippen molar-refractivity contribution in [2.45, 2.75) is 74.6 Å². The number of halogens is 4. The van der Waals surface area contributed by atoms with E-state index in [2.05, 4.69) is 5.32 Å². The Labute approximate surface area is 190 Å². The molecule has 2 aromatic carbocycles. The number of carbonyl (C=O) groups excluding carboxylic acids is 1. The van der Waals surface area contributed by atoms with Gasteiger partial charge in [-0.25, -0.2) is 0 Å². The molecule has 1 aliphatic heterocycles. The zero-order valence-electron chi connectivity index (χ0n) is 17.6. The average Bonchev–Trinajstić information content (AvgIpc) is 3.38. The fourth-order valence-corrected chi connectivity index (χ4v) is 5.56. The lowest BCUT2D eigenvalue weighted by Gasteiger charge is -2.40. The molecular formula is C25H25ClF3NO2. The van der Waals surface area contributed by atoms with E-state index in [0.717, 1.165) is 67.5 Å². The summed E-state index contributed by atoms with van der Waals surface area (Å²) in [6.45, 7) is 0. The normalized spacial score (nSPS) is 22.8. The zero-order valence-corrected chi connectivity index (χ0v) is 18.4. The van der Waals surface area contributed by atoms with E-state index in [1.807, 2.05) is 12.1 Å². The van der Waals surface area contributed by atoms with Gasteiger partial charge < -0.3 is 10.1 Å². The van der Waals surface area contributed by atoms with Crippen molar-refractivity contribution in [1.82, 2.24) is 5.32 Å². The van der Waals surface area contributed by atoms with Crippen molar-refractivity contribution in [3.05, 3.63) is 64.2 Å². The molecule has 1 heterocycles. The first-order chi connectivity index (χ1) is 15.2. The van der Waals surface area contributed by atoms with Crippen molar-refractivity contribution in [3.8, 4) is 5.75 Å². The Morgan fingerprint density at radius 1 is 1.06 bits per heavy atom. The summed E-state index contributed by atoms with van der Waals surface area (Å²) >= 11 is 6.22. The highest BCUT2D eigenvalue weighted by molar-refractivity contribution is 6.30. The highest BCUT2D eigenvalue weighted by atomic mass is 35.5. The predicted molar refractivity (Wildman–Crippen MR) is 116 cm³/mol. The van der Waals surface area contributed by atoms with Gasteiger partial charge in [-0.3, -0.25) is 4.79 Å². The Morgan fingerprint density at radius 2 is 1.75 bits per heavy atom. The maximum absolute atomic E-state index is 13.1. The van der Waals surface area contributed by atoms with Gasteiger partial charge in [-0.1, -0.05) is 23.7 Å². The lowest BCUT2D eigenvalue weighted by molar-refractivity contribution is -0.137. The summed E-state index contributed by atoms with van der Waals surface area (Å²) in [5.41, 5.74) is 0.399. The van der Waals surface area contributed by atoms with Crippen LogP contribution in [0.15, 0.2) is 42.5 Å². The number of rotatable bonds is 4. The third-order valence-corrected chi connectivity index (χ3v) is 7.51. The zero-order chi connectivity index (χ0) is 22.6. The number of hydrogen-bond acceptors (Lipinski definition) is 2. The van der Waals surface area contributed by atoms with Crippen LogP contribution in [0, 0.1) is 0 Å². The molecule has 2 saturated carbocycles. The van der Waals surface area contributed by atoms with Crippen LogP contribution in [0.25, 0.3) is 0 Å². The van der Waals surface area contributed by atoms with E-state index >= 15 is 0 Å². The predicted octanol–water partition coefficient (Wildman–Crippen LogP) is 6.73. The van der Waals surface area contributed by atoms with Crippen LogP contribution in [-0.4, -0.2) is 11.5 Å². The van der Waals surface area contributed by atoms with Gasteiger partial charge in [0.25, 0.3) is 0 Å². The lowest BCUT2D eigenvalue weighted by atomic mass is 9.85. The molecule has 1 spiro atoms. The highest BCUT2D eigenvalue weighted by Gasteiger charge is 2.48. The number of ether oxygens (including phenoxy) is 1. The number of nitrogens with one attached hydrogen (secondary N) is 1. The number of carbonyl (C=O) groups is 1. The molecule has 5 rings (SSSR count). The van der Waals surface area contributed by atoms with Gasteiger partial charge in [0, 0.05) is 28.8 Å². The summed E-state index contributed by atoms with van der Waals surface area (Å²) in [6.07, 6.45) is 2.37. The molecule has 7 heteroatoms. The number of alkyl halides is 3. The molecule has 0 radical (unpaired) electrons. The molecule has 3 aliphatic rings. The lowest BCUT2D eigenvalue weighted by Crippen LogP contribution is -2.44. The molecule has 170 valence electrons. The fraction of sp³-hybridized carbons (Fsp3) is 0.480. The Kier molecular flexibility index (Phi) is 5.19. The van der Waals surface area contributed by atoms with Crippen molar-refractivity contribution in [3.63, 3.8) is 0 Å². The van der Waals surface area contributed by atoms with Crippen LogP contribution in [0.1, 0.15) is 74.1 Å². The number of benzene rings is 2. The number of amides is 1. The molecule has 0 bridgehead atoms. The van der Waals surface area contributed by atoms with E-state index < -0.39 is 11.7 Å². The quantitative estimate of drug-likeness (QED) is 0.545. The van der Waals surface area contributed by atoms with Crippen LogP contribution in [-0.2, 0) is 16.4 Å². The van der Waals surface area contributed by atoms with Crippen molar-refractivity contribution < 1.29 is 22.7 Å². The largest absolute Gasteiger partial charge is 0.487 e. The SMILES string of the molecule is O=C(CC1(c2ccc(C(F)(F)F)cc2)CC1)N[C@H]1CC2(CCCC2)Oc2ccc(Cl)cc21. The van der Waals surface area contributed by atoms with E-state index in [1.165, 1.54) is 12.1 Å². The second kappa shape index (κ2) is 7.68. The Hall–Kier alpha value is -2.21. The maximum Gasteiger partial charge on any atom is 0.416 e. The first-order valence-electron chi connectivity index (χ1n) is 11.1. The van der Waals surface area contributed by atoms with Gasteiger partial charge in [0.15, 0.2) is 0 Å². The number of hydrogen-bond donors (Lipinski definition) is 1. The van der Waals surface area contributed by atoms with Gasteiger partial charge in [-0.2, -0.15) is 13.2 Å². The standard InChI is InChI=1S/C25H25ClF3NO2/c26-18-7-8-21-19(13-18)20(14-24(32-21)9-1-2-10-24)30-22(31)15-23(11-12-23)16-3-5-17(6-4-16)25(27,28)29/h3-8,13,20H,1-2,9-12,14-15H2,(H,30,31)/t20-/m0/s1. The summed E-state index contributed by atoms with van der Waals surface area (Å²) < 4.78 is 45.0. The van der Waals surface area contributed by atoms with Crippen molar-refractivity contribution in [2.75, 3.05) is 0 Å². The van der Waals surface area contributed by atoms with Crippen molar-refractivity contribution in [2.24, 2.45) is 0 Å². The topological polar surface area (TPSA) is 38.3 Å². The summed E-state index contributed by atoms with van der Waals surface area (Å²) in [5.74, 6) is 0.685. The molecule has 1 N–H and O–H groups in total. The van der Waals surface area contributed by atoms with Gasteiger partial charge in [0.1, 0.15) is 11.4 Å². The monoisotopic (exact) mass is 463 g/mol. The molecule has 32 heavy (non-hydrogen) atoms. The third-order valence-electron chi connectivity index (χ3n) is 7.28. The number of fused-ring (bicyclic) bond motifs is 1. The van der Waals surface area contributed by atoms with E-state index in [4.69, 9.17) is 16.3 Å². The van der Waals surface area contributed by atoms with Crippen LogP contribution < -0.4 is 10.1 Å². The van der Waals surface area contributed by atoms with Gasteiger partial charge in [-0.05, 0) is 74.4 Å². The molecule has 2 fully saturated rings. The molecule has 3 nitrogen and oxygen atoms in total. The van der Waals surface area contributed by atoms with E-state index in [-0.39, 0.29) is 29.4 Å². The summed E-state index contributed by atoms with van der Waals surface area (Å²) in [5, 5.41) is 3.79. The molecule has 1 amide bonds. The first-order valence-corrected chi connectivity index (χ1v) is 11.5. The maximum atomic E-state index is 13.1.